The summed E-state index contributed by atoms with van der Waals surface area (Å²) in [6, 6.07) is 12.7. The largest absolute Gasteiger partial charge is 0.492 e. The predicted molar refractivity (Wildman–Crippen MR) is 179 cm³/mol. The van der Waals surface area contributed by atoms with E-state index in [0.29, 0.717) is 48.2 Å². The second-order valence-corrected chi connectivity index (χ2v) is 14.3. The van der Waals surface area contributed by atoms with Crippen LogP contribution in [0.15, 0.2) is 53.6 Å². The van der Waals surface area contributed by atoms with Gasteiger partial charge in [0.05, 0.1) is 34.3 Å². The standard InChI is InChI=1S/C33H43ClN6O4S/c1-4-39(3)24-17-19-40(20-18-24)32(41)23-15-16-27(29(21-23)44-5-2)37-33-35-22-26(34)31(38-33)36-28-13-9-10-14-30(28)45(42,43)25-11-7-6-8-12-25/h9-10,13-16,21-22,24-25H,4-8,11-12,17-20H2,1-3H3,(H2,35,36,37,38). The van der Waals surface area contributed by atoms with Crippen molar-refractivity contribution in [3.8, 4) is 5.75 Å². The number of para-hydroxylation sites is 1. The number of carbonyl (C=O) groups excluding carboxylic acids is 1. The van der Waals surface area contributed by atoms with E-state index in [4.69, 9.17) is 16.3 Å². The number of ether oxygens (including phenoxy) is 1. The average molecular weight is 655 g/mol. The van der Waals surface area contributed by atoms with Gasteiger partial charge in [-0.25, -0.2) is 13.4 Å². The van der Waals surface area contributed by atoms with Crippen molar-refractivity contribution < 1.29 is 17.9 Å². The number of piperidine rings is 1. The molecule has 0 radical (unpaired) electrons. The van der Waals surface area contributed by atoms with Crippen LogP contribution in [0.4, 0.5) is 23.1 Å². The van der Waals surface area contributed by atoms with Crippen molar-refractivity contribution in [2.45, 2.75) is 75.0 Å². The van der Waals surface area contributed by atoms with Crippen LogP contribution >= 0.6 is 11.6 Å². The Balaban J connectivity index is 1.33. The van der Waals surface area contributed by atoms with Gasteiger partial charge in [0, 0.05) is 24.7 Å². The Morgan fingerprint density at radius 2 is 1.76 bits per heavy atom. The smallest absolute Gasteiger partial charge is 0.253 e. The lowest BCUT2D eigenvalue weighted by Crippen LogP contribution is -2.45. The molecule has 5 rings (SSSR count). The van der Waals surface area contributed by atoms with Crippen LogP contribution < -0.4 is 15.4 Å². The van der Waals surface area contributed by atoms with E-state index in [1.165, 1.54) is 6.20 Å². The molecule has 1 aliphatic heterocycles. The summed E-state index contributed by atoms with van der Waals surface area (Å²) in [5.74, 6) is 0.983. The molecule has 1 saturated heterocycles. The first-order valence-corrected chi connectivity index (χ1v) is 17.8. The van der Waals surface area contributed by atoms with E-state index in [9.17, 15) is 13.2 Å². The van der Waals surface area contributed by atoms with Crippen LogP contribution in [0.2, 0.25) is 5.02 Å². The molecule has 0 unspecified atom stereocenters. The van der Waals surface area contributed by atoms with E-state index < -0.39 is 15.1 Å². The fourth-order valence-electron chi connectivity index (χ4n) is 6.12. The maximum Gasteiger partial charge on any atom is 0.253 e. The third kappa shape index (κ3) is 7.70. The van der Waals surface area contributed by atoms with E-state index >= 15 is 0 Å². The predicted octanol–water partition coefficient (Wildman–Crippen LogP) is 6.68. The second kappa shape index (κ2) is 14.8. The highest BCUT2D eigenvalue weighted by atomic mass is 35.5. The average Bonchev–Trinajstić information content (AvgIpc) is 3.07. The molecule has 10 nitrogen and oxygen atoms in total. The number of benzene rings is 2. The Bertz CT molecular complexity index is 1590. The maximum absolute atomic E-state index is 13.6. The third-order valence-electron chi connectivity index (χ3n) is 8.83. The van der Waals surface area contributed by atoms with Crippen LogP contribution in [0.3, 0.4) is 0 Å². The summed E-state index contributed by atoms with van der Waals surface area (Å²) in [4.78, 5) is 26.8. The maximum atomic E-state index is 13.6. The molecule has 2 N–H and O–H groups in total. The van der Waals surface area contributed by atoms with Crippen molar-refractivity contribution in [2.24, 2.45) is 0 Å². The molecule has 1 aromatic heterocycles. The monoisotopic (exact) mass is 654 g/mol. The van der Waals surface area contributed by atoms with Crippen molar-refractivity contribution in [3.05, 3.63) is 59.2 Å². The van der Waals surface area contributed by atoms with Gasteiger partial charge < -0.3 is 25.2 Å². The van der Waals surface area contributed by atoms with Gasteiger partial charge in [0.2, 0.25) is 5.95 Å². The summed E-state index contributed by atoms with van der Waals surface area (Å²) in [5, 5.41) is 6.17. The fourth-order valence-corrected chi connectivity index (χ4v) is 8.27. The summed E-state index contributed by atoms with van der Waals surface area (Å²) in [7, 11) is -1.41. The number of nitrogens with one attached hydrogen (secondary N) is 2. The van der Waals surface area contributed by atoms with Gasteiger partial charge >= 0.3 is 0 Å². The molecular weight excluding hydrogens is 612 g/mol. The van der Waals surface area contributed by atoms with Gasteiger partial charge in [-0.2, -0.15) is 4.98 Å². The van der Waals surface area contributed by atoms with Crippen molar-refractivity contribution in [1.82, 2.24) is 19.8 Å². The van der Waals surface area contributed by atoms with Crippen LogP contribution in [0.25, 0.3) is 0 Å². The molecule has 12 heteroatoms. The number of amides is 1. The molecular formula is C33H43ClN6O4S. The van der Waals surface area contributed by atoms with Crippen molar-refractivity contribution in [1.29, 1.82) is 0 Å². The first kappa shape index (κ1) is 33.0. The van der Waals surface area contributed by atoms with E-state index in [0.717, 1.165) is 51.7 Å². The van der Waals surface area contributed by atoms with Crippen molar-refractivity contribution in [2.75, 3.05) is 43.9 Å². The number of sulfone groups is 1. The van der Waals surface area contributed by atoms with E-state index in [-0.39, 0.29) is 27.6 Å². The molecule has 3 aromatic rings. The van der Waals surface area contributed by atoms with Gasteiger partial charge in [-0.3, -0.25) is 4.79 Å². The Labute approximate surface area is 271 Å². The number of aromatic nitrogens is 2. The minimum atomic E-state index is -3.54. The molecule has 2 heterocycles. The lowest BCUT2D eigenvalue weighted by molar-refractivity contribution is 0.0650. The summed E-state index contributed by atoms with van der Waals surface area (Å²) < 4.78 is 33.0. The first-order chi connectivity index (χ1) is 21.7. The fraction of sp³-hybridized carbons (Fsp3) is 0.485. The molecule has 45 heavy (non-hydrogen) atoms. The van der Waals surface area contributed by atoms with Gasteiger partial charge in [0.1, 0.15) is 10.8 Å². The Kier molecular flexibility index (Phi) is 10.8. The number of hydrogen-bond acceptors (Lipinski definition) is 9. The number of likely N-dealkylation sites (tertiary alicyclic amines) is 1. The first-order valence-electron chi connectivity index (χ1n) is 15.9. The summed E-state index contributed by atoms with van der Waals surface area (Å²) in [6.45, 7) is 6.87. The number of hydrogen-bond donors (Lipinski definition) is 2. The zero-order chi connectivity index (χ0) is 32.0. The quantitative estimate of drug-likeness (QED) is 0.234. The van der Waals surface area contributed by atoms with Crippen LogP contribution in [0.5, 0.6) is 5.75 Å². The molecule has 1 aliphatic carbocycles. The number of carbonyl (C=O) groups is 1. The van der Waals surface area contributed by atoms with E-state index in [1.807, 2.05) is 11.8 Å². The number of rotatable bonds is 11. The minimum absolute atomic E-state index is 0.0174. The molecule has 1 amide bonds. The highest BCUT2D eigenvalue weighted by Crippen LogP contribution is 2.35. The SMILES string of the molecule is CCOc1cc(C(=O)N2CCC(N(C)CC)CC2)ccc1Nc1ncc(Cl)c(Nc2ccccc2S(=O)(=O)C2CCCCC2)n1. The lowest BCUT2D eigenvalue weighted by Gasteiger charge is -2.36. The van der Waals surface area contributed by atoms with Gasteiger partial charge in [-0.15, -0.1) is 0 Å². The van der Waals surface area contributed by atoms with Gasteiger partial charge in [-0.05, 0) is 76.5 Å². The second-order valence-electron chi connectivity index (χ2n) is 11.7. The summed E-state index contributed by atoms with van der Waals surface area (Å²) in [5.41, 5.74) is 1.56. The number of halogens is 1. The van der Waals surface area contributed by atoms with Crippen LogP contribution in [-0.4, -0.2) is 78.7 Å². The van der Waals surface area contributed by atoms with Gasteiger partial charge in [0.25, 0.3) is 5.91 Å². The highest BCUT2D eigenvalue weighted by molar-refractivity contribution is 7.92. The molecule has 0 bridgehead atoms. The van der Waals surface area contributed by atoms with Crippen LogP contribution in [0.1, 0.15) is 69.2 Å². The van der Waals surface area contributed by atoms with E-state index in [2.05, 4.69) is 39.5 Å². The van der Waals surface area contributed by atoms with Gasteiger partial charge in [0.15, 0.2) is 15.7 Å². The normalized spacial score (nSPS) is 16.5. The highest BCUT2D eigenvalue weighted by Gasteiger charge is 2.31. The molecule has 1 saturated carbocycles. The molecule has 0 atom stereocenters. The third-order valence-corrected chi connectivity index (χ3v) is 11.4. The summed E-state index contributed by atoms with van der Waals surface area (Å²) >= 11 is 6.48. The van der Waals surface area contributed by atoms with Crippen LogP contribution in [0, 0.1) is 0 Å². The minimum Gasteiger partial charge on any atom is -0.492 e. The number of anilines is 4. The molecule has 0 spiro atoms. The molecule has 2 aliphatic rings. The Morgan fingerprint density at radius 3 is 2.47 bits per heavy atom. The molecule has 2 aromatic carbocycles. The zero-order valence-corrected chi connectivity index (χ0v) is 27.8. The lowest BCUT2D eigenvalue weighted by atomic mass is 10.0. The van der Waals surface area contributed by atoms with Crippen molar-refractivity contribution in [3.63, 3.8) is 0 Å². The topological polar surface area (TPSA) is 117 Å². The molecule has 242 valence electrons. The number of nitrogens with zero attached hydrogens (tertiary/aromatic N) is 4. The zero-order valence-electron chi connectivity index (χ0n) is 26.3. The van der Waals surface area contributed by atoms with Gasteiger partial charge in [-0.1, -0.05) is 49.9 Å². The van der Waals surface area contributed by atoms with Crippen molar-refractivity contribution >= 4 is 50.5 Å². The van der Waals surface area contributed by atoms with Crippen LogP contribution in [-0.2, 0) is 9.84 Å². The van der Waals surface area contributed by atoms with E-state index in [1.54, 1.807) is 42.5 Å². The molecule has 2 fully saturated rings. The Morgan fingerprint density at radius 1 is 1.02 bits per heavy atom. The Hall–Kier alpha value is -3.41. The summed E-state index contributed by atoms with van der Waals surface area (Å²) in [6.07, 6.45) is 7.60.